The third-order valence-electron chi connectivity index (χ3n) is 13.7. The summed E-state index contributed by atoms with van der Waals surface area (Å²) < 4.78 is 42.8. The van der Waals surface area contributed by atoms with Gasteiger partial charge in [-0.15, -0.1) is 0 Å². The molecule has 4 aliphatic rings. The maximum Gasteiger partial charge on any atom is 0.509 e. The molecule has 3 aromatic carbocycles. The number of halogens is 6. The first kappa shape index (κ1) is 52.8. The Morgan fingerprint density at radius 3 is 2.00 bits per heavy atom. The van der Waals surface area contributed by atoms with Crippen LogP contribution in [-0.2, 0) is 58.7 Å². The predicted molar refractivity (Wildman–Crippen MR) is 252 cm³/mol. The summed E-state index contributed by atoms with van der Waals surface area (Å²) in [4.78, 5) is 85.3. The number of aliphatic hydroxyl groups is 1. The van der Waals surface area contributed by atoms with Crippen LogP contribution >= 0.6 is 69.6 Å². The van der Waals surface area contributed by atoms with Crippen LogP contribution < -0.4 is 0 Å². The highest BCUT2D eigenvalue weighted by Gasteiger charge is 2.79. The van der Waals surface area contributed by atoms with Gasteiger partial charge < -0.3 is 43.0 Å². The van der Waals surface area contributed by atoms with Crippen molar-refractivity contribution in [3.05, 3.63) is 95.1 Å². The van der Waals surface area contributed by atoms with E-state index in [9.17, 15) is 29.1 Å². The number of esters is 3. The minimum Gasteiger partial charge on any atom is -0.458 e. The van der Waals surface area contributed by atoms with Crippen LogP contribution in [0.15, 0.2) is 83.9 Å². The van der Waals surface area contributed by atoms with Crippen molar-refractivity contribution in [2.45, 2.75) is 110 Å². The van der Waals surface area contributed by atoms with E-state index in [2.05, 4.69) is 0 Å². The number of ketones is 1. The first-order valence-electron chi connectivity index (χ1n) is 21.7. The normalized spacial score (nSPS) is 29.4. The zero-order chi connectivity index (χ0) is 50.5. The number of fused-ring (bicyclic) bond motifs is 6. The van der Waals surface area contributed by atoms with Gasteiger partial charge in [0.05, 0.1) is 23.5 Å². The number of aryl methyl sites for hydroxylation is 1. The van der Waals surface area contributed by atoms with E-state index in [1.807, 2.05) is 42.5 Å². The van der Waals surface area contributed by atoms with Gasteiger partial charge >= 0.3 is 30.2 Å². The Balaban J connectivity index is 1.42. The molecule has 3 aliphatic carbocycles. The first-order valence-corrected chi connectivity index (χ1v) is 24.0. The molecule has 0 radical (unpaired) electrons. The average molecular weight is 1080 g/mol. The standard InChI is InChI=1S/C48H48Cl6O15/c1-25-31(65-34(56)18-16-27-15-17-28-11-9-10-14-30(28)19-27)21-46(61)39(68-40(58)29-12-7-6-8-13-29)37-44(5,38(57)36(35(25)43(46,3)4)67-42(60)64-24-48(52,53)54)32(66-41(59)63-23-47(49,50)51)20-33-45(37,22-62-33)69-26(2)55/h6-15,17,19,31-33,36-37,39,61H,16,18,20-24H2,1-5H3/t31-,32-,33+,36+,37-,39-,44+,45-,46+/m0/s1. The van der Waals surface area contributed by atoms with Crippen molar-refractivity contribution in [1.29, 1.82) is 0 Å². The summed E-state index contributed by atoms with van der Waals surface area (Å²) in [5.41, 5.74) is -7.57. The molecule has 0 unspecified atom stereocenters. The molecule has 1 aliphatic heterocycles. The number of carbonyl (C=O) groups is 6. The lowest BCUT2D eigenvalue weighted by Crippen LogP contribution is -2.82. The van der Waals surface area contributed by atoms with Gasteiger partial charge in [0.25, 0.3) is 0 Å². The Bertz CT molecular complexity index is 2540. The van der Waals surface area contributed by atoms with Gasteiger partial charge in [0, 0.05) is 31.6 Å². The third-order valence-corrected chi connectivity index (χ3v) is 14.4. The van der Waals surface area contributed by atoms with E-state index < -0.39 is 128 Å². The Hall–Kier alpha value is -4.06. The largest absolute Gasteiger partial charge is 0.509 e. The van der Waals surface area contributed by atoms with Crippen molar-refractivity contribution in [2.24, 2.45) is 16.7 Å². The molecule has 3 aromatic rings. The fourth-order valence-corrected chi connectivity index (χ4v) is 10.7. The summed E-state index contributed by atoms with van der Waals surface area (Å²) in [6, 6.07) is 21.2. The number of rotatable bonds is 11. The number of benzene rings is 3. The van der Waals surface area contributed by atoms with Crippen LogP contribution in [0, 0.1) is 16.7 Å². The number of alkyl halides is 6. The Kier molecular flexibility index (Phi) is 15.2. The van der Waals surface area contributed by atoms with Crippen LogP contribution in [0.1, 0.15) is 69.8 Å². The molecule has 1 saturated heterocycles. The SMILES string of the molecule is CC(=O)O[C@@]12CO[C@@H]1C[C@H](OC(=O)OCC(Cl)(Cl)Cl)[C@@]1(C)C(=O)[C@H](OC(=O)OCC(Cl)(Cl)Cl)C3=C(C)[C@@H](OC(=O)CCc4ccc5ccccc5c4)C[C@@](O)([C@@H](OC(=O)c4ccccc4)[C@H]21)C3(C)C. The molecule has 1 N–H and O–H groups in total. The van der Waals surface area contributed by atoms with Crippen molar-refractivity contribution < 1.29 is 71.8 Å². The number of ether oxygens (including phenoxy) is 8. The van der Waals surface area contributed by atoms with E-state index in [-0.39, 0.29) is 36.0 Å². The zero-order valence-corrected chi connectivity index (χ0v) is 42.3. The lowest BCUT2D eigenvalue weighted by atomic mass is 9.44. The van der Waals surface area contributed by atoms with Crippen molar-refractivity contribution in [3.8, 4) is 0 Å². The van der Waals surface area contributed by atoms with Gasteiger partial charge in [-0.2, -0.15) is 0 Å². The molecule has 9 atom stereocenters. The van der Waals surface area contributed by atoms with Gasteiger partial charge in [0.15, 0.2) is 17.5 Å². The van der Waals surface area contributed by atoms with E-state index in [4.69, 9.17) is 108 Å². The first-order chi connectivity index (χ1) is 32.2. The smallest absolute Gasteiger partial charge is 0.458 e. The molecule has 0 amide bonds. The maximum absolute atomic E-state index is 16.2. The highest BCUT2D eigenvalue weighted by Crippen LogP contribution is 2.65. The van der Waals surface area contributed by atoms with Gasteiger partial charge in [0.1, 0.15) is 43.2 Å². The van der Waals surface area contributed by atoms with Crippen molar-refractivity contribution in [2.75, 3.05) is 19.8 Å². The summed E-state index contributed by atoms with van der Waals surface area (Å²) in [5.74, 6) is -5.32. The Morgan fingerprint density at radius 1 is 0.797 bits per heavy atom. The molecule has 3 fully saturated rings. The van der Waals surface area contributed by atoms with E-state index in [1.165, 1.54) is 39.8 Å². The summed E-state index contributed by atoms with van der Waals surface area (Å²) in [6.07, 6.45) is -12.0. The quantitative estimate of drug-likeness (QED) is 0.0824. The fourth-order valence-electron chi connectivity index (χ4n) is 10.4. The second-order valence-electron chi connectivity index (χ2n) is 18.3. The van der Waals surface area contributed by atoms with E-state index >= 15 is 4.79 Å². The fraction of sp³-hybridized carbons (Fsp3) is 0.500. The van der Waals surface area contributed by atoms with E-state index in [1.54, 1.807) is 18.2 Å². The predicted octanol–water partition coefficient (Wildman–Crippen LogP) is 9.48. The molecule has 7 rings (SSSR count). The van der Waals surface area contributed by atoms with Crippen LogP contribution in [0.2, 0.25) is 0 Å². The lowest BCUT2D eigenvalue weighted by molar-refractivity contribution is -0.346. The number of hydrogen-bond donors (Lipinski definition) is 1. The highest BCUT2D eigenvalue weighted by atomic mass is 35.6. The topological polar surface area (TPSA) is 196 Å². The Labute approximate surface area is 427 Å². The summed E-state index contributed by atoms with van der Waals surface area (Å²) in [7, 11) is 0. The molecule has 0 spiro atoms. The molecule has 372 valence electrons. The molecule has 2 saturated carbocycles. The van der Waals surface area contributed by atoms with Crippen LogP contribution in [0.4, 0.5) is 9.59 Å². The third kappa shape index (κ3) is 10.6. The summed E-state index contributed by atoms with van der Waals surface area (Å²) in [5, 5.41) is 15.9. The summed E-state index contributed by atoms with van der Waals surface area (Å²) in [6.45, 7) is 4.93. The summed E-state index contributed by atoms with van der Waals surface area (Å²) >= 11 is 35.4. The van der Waals surface area contributed by atoms with E-state index in [0.717, 1.165) is 23.3 Å². The highest BCUT2D eigenvalue weighted by molar-refractivity contribution is 6.68. The van der Waals surface area contributed by atoms with Gasteiger partial charge in [-0.1, -0.05) is 144 Å². The van der Waals surface area contributed by atoms with E-state index in [0.29, 0.717) is 0 Å². The van der Waals surface area contributed by atoms with Crippen LogP contribution in [-0.4, -0.2) is 110 Å². The van der Waals surface area contributed by atoms with Gasteiger partial charge in [-0.25, -0.2) is 14.4 Å². The molecular formula is C48H48Cl6O15. The van der Waals surface area contributed by atoms with Crippen molar-refractivity contribution in [3.63, 3.8) is 0 Å². The van der Waals surface area contributed by atoms with Crippen LogP contribution in [0.3, 0.4) is 0 Å². The van der Waals surface area contributed by atoms with Crippen LogP contribution in [0.25, 0.3) is 10.8 Å². The monoisotopic (exact) mass is 1070 g/mol. The molecule has 21 heteroatoms. The molecule has 69 heavy (non-hydrogen) atoms. The number of hydrogen-bond acceptors (Lipinski definition) is 15. The van der Waals surface area contributed by atoms with Crippen molar-refractivity contribution in [1.82, 2.24) is 0 Å². The minimum atomic E-state index is -2.46. The van der Waals surface area contributed by atoms with Gasteiger partial charge in [-0.3, -0.25) is 14.4 Å². The second kappa shape index (κ2) is 19.9. The Morgan fingerprint density at radius 2 is 1.41 bits per heavy atom. The number of carbonyl (C=O) groups excluding carboxylic acids is 6. The number of Topliss-reactive ketones (excluding diaryl/α,β-unsaturated/α-hetero) is 1. The van der Waals surface area contributed by atoms with Crippen molar-refractivity contribution >= 4 is 116 Å². The second-order valence-corrected chi connectivity index (χ2v) is 23.4. The average Bonchev–Trinajstić information content (AvgIpc) is 3.27. The van der Waals surface area contributed by atoms with Gasteiger partial charge in [-0.05, 0) is 59.9 Å². The molecular weight excluding hydrogens is 1030 g/mol. The minimum absolute atomic E-state index is 0.0214. The maximum atomic E-state index is 16.2. The van der Waals surface area contributed by atoms with Gasteiger partial charge in [0.2, 0.25) is 7.59 Å². The molecule has 2 bridgehead atoms. The van der Waals surface area contributed by atoms with Crippen LogP contribution in [0.5, 0.6) is 0 Å². The molecule has 15 nitrogen and oxygen atoms in total. The zero-order valence-electron chi connectivity index (χ0n) is 37.8. The molecule has 1 heterocycles. The molecule has 0 aromatic heterocycles. The lowest BCUT2D eigenvalue weighted by Gasteiger charge is -2.67.